The Labute approximate surface area is 70.0 Å². The van der Waals surface area contributed by atoms with E-state index in [0.29, 0.717) is 5.54 Å². The molecule has 0 saturated carbocycles. The summed E-state index contributed by atoms with van der Waals surface area (Å²) in [6.45, 7) is 8.16. The van der Waals surface area contributed by atoms with Crippen LogP contribution >= 0.6 is 0 Å². The molecule has 1 heterocycles. The summed E-state index contributed by atoms with van der Waals surface area (Å²) in [7, 11) is 2.23. The highest BCUT2D eigenvalue weighted by Crippen LogP contribution is 2.18. The zero-order chi connectivity index (χ0) is 8.32. The molecule has 1 aliphatic rings. The molecule has 1 aliphatic heterocycles. The number of hydrogen-bond acceptors (Lipinski definition) is 2. The van der Waals surface area contributed by atoms with E-state index < -0.39 is 0 Å². The minimum absolute atomic E-state index is 0.385. The molecule has 0 aromatic heterocycles. The molecule has 11 heavy (non-hydrogen) atoms. The van der Waals surface area contributed by atoms with Crippen LogP contribution in [0.4, 0.5) is 0 Å². The highest BCUT2D eigenvalue weighted by atomic mass is 15.2. The summed E-state index contributed by atoms with van der Waals surface area (Å²) >= 11 is 0. The molecule has 66 valence electrons. The first-order valence-corrected chi connectivity index (χ1v) is 4.61. The van der Waals surface area contributed by atoms with Crippen molar-refractivity contribution in [3.63, 3.8) is 0 Å². The van der Waals surface area contributed by atoms with Crippen molar-refractivity contribution in [2.75, 3.05) is 26.7 Å². The minimum atomic E-state index is 0.385. The van der Waals surface area contributed by atoms with Crippen LogP contribution in [0.5, 0.6) is 0 Å². The Morgan fingerprint density at radius 3 is 2.91 bits per heavy atom. The van der Waals surface area contributed by atoms with Crippen LogP contribution in [0.3, 0.4) is 0 Å². The van der Waals surface area contributed by atoms with Gasteiger partial charge in [0.05, 0.1) is 0 Å². The summed E-state index contributed by atoms with van der Waals surface area (Å²) in [5, 5.41) is 3.48. The molecule has 0 aromatic carbocycles. The van der Waals surface area contributed by atoms with Crippen molar-refractivity contribution in [1.29, 1.82) is 0 Å². The quantitative estimate of drug-likeness (QED) is 0.611. The van der Waals surface area contributed by atoms with E-state index in [-0.39, 0.29) is 0 Å². The molecule has 0 aliphatic carbocycles. The highest BCUT2D eigenvalue weighted by molar-refractivity contribution is 4.87. The van der Waals surface area contributed by atoms with Gasteiger partial charge < -0.3 is 5.32 Å². The van der Waals surface area contributed by atoms with Gasteiger partial charge >= 0.3 is 0 Å². The second-order valence-corrected chi connectivity index (χ2v) is 3.80. The van der Waals surface area contributed by atoms with Crippen LogP contribution in [0, 0.1) is 0 Å². The molecule has 1 N–H and O–H groups in total. The van der Waals surface area contributed by atoms with Crippen LogP contribution in [0.25, 0.3) is 0 Å². The zero-order valence-corrected chi connectivity index (χ0v) is 7.98. The SMILES string of the molecule is CCC1(C)CNCCCN1C. The van der Waals surface area contributed by atoms with Crippen molar-refractivity contribution < 1.29 is 0 Å². The number of nitrogens with zero attached hydrogens (tertiary/aromatic N) is 1. The first-order chi connectivity index (χ1) is 5.19. The van der Waals surface area contributed by atoms with E-state index in [1.165, 1.54) is 25.9 Å². The van der Waals surface area contributed by atoms with Crippen LogP contribution in [0.2, 0.25) is 0 Å². The zero-order valence-electron chi connectivity index (χ0n) is 7.98. The van der Waals surface area contributed by atoms with E-state index in [0.717, 1.165) is 6.54 Å². The van der Waals surface area contributed by atoms with Gasteiger partial charge in [0.15, 0.2) is 0 Å². The summed E-state index contributed by atoms with van der Waals surface area (Å²) in [6.07, 6.45) is 2.52. The van der Waals surface area contributed by atoms with E-state index in [1.54, 1.807) is 0 Å². The molecule has 0 spiro atoms. The number of hydrogen-bond donors (Lipinski definition) is 1. The second-order valence-electron chi connectivity index (χ2n) is 3.80. The average molecular weight is 156 g/mol. The molecular weight excluding hydrogens is 136 g/mol. The molecule has 0 aromatic rings. The number of rotatable bonds is 1. The standard InChI is InChI=1S/C9H20N2/c1-4-9(2)8-10-6-5-7-11(9)3/h10H,4-8H2,1-3H3. The van der Waals surface area contributed by atoms with Crippen molar-refractivity contribution in [3.8, 4) is 0 Å². The van der Waals surface area contributed by atoms with Gasteiger partial charge in [0, 0.05) is 12.1 Å². The smallest absolute Gasteiger partial charge is 0.0300 e. The van der Waals surface area contributed by atoms with Crippen molar-refractivity contribution in [3.05, 3.63) is 0 Å². The largest absolute Gasteiger partial charge is 0.315 e. The summed E-state index contributed by atoms with van der Waals surface area (Å²) in [5.41, 5.74) is 0.385. The maximum absolute atomic E-state index is 3.48. The van der Waals surface area contributed by atoms with Crippen LogP contribution in [-0.4, -0.2) is 37.1 Å². The Bertz CT molecular complexity index is 125. The Hall–Kier alpha value is -0.0800. The lowest BCUT2D eigenvalue weighted by Crippen LogP contribution is -2.48. The van der Waals surface area contributed by atoms with E-state index in [4.69, 9.17) is 0 Å². The molecule has 0 bridgehead atoms. The van der Waals surface area contributed by atoms with Gasteiger partial charge in [-0.2, -0.15) is 0 Å². The Morgan fingerprint density at radius 1 is 1.55 bits per heavy atom. The first kappa shape index (κ1) is 9.01. The molecule has 0 radical (unpaired) electrons. The van der Waals surface area contributed by atoms with Crippen molar-refractivity contribution in [1.82, 2.24) is 10.2 Å². The maximum atomic E-state index is 3.48. The molecule has 1 fully saturated rings. The van der Waals surface area contributed by atoms with Gasteiger partial charge in [-0.25, -0.2) is 0 Å². The van der Waals surface area contributed by atoms with E-state index in [9.17, 15) is 0 Å². The summed E-state index contributed by atoms with van der Waals surface area (Å²) < 4.78 is 0. The summed E-state index contributed by atoms with van der Waals surface area (Å²) in [5.74, 6) is 0. The van der Waals surface area contributed by atoms with E-state index in [2.05, 4.69) is 31.1 Å². The fraction of sp³-hybridized carbons (Fsp3) is 1.00. The molecule has 1 unspecified atom stereocenters. The lowest BCUT2D eigenvalue weighted by atomic mass is 9.97. The Morgan fingerprint density at radius 2 is 2.27 bits per heavy atom. The van der Waals surface area contributed by atoms with E-state index >= 15 is 0 Å². The highest BCUT2D eigenvalue weighted by Gasteiger charge is 2.27. The topological polar surface area (TPSA) is 15.3 Å². The lowest BCUT2D eigenvalue weighted by molar-refractivity contribution is 0.146. The van der Waals surface area contributed by atoms with Crippen LogP contribution < -0.4 is 5.32 Å². The van der Waals surface area contributed by atoms with Gasteiger partial charge in [-0.05, 0) is 39.9 Å². The normalized spacial score (nSPS) is 35.2. The van der Waals surface area contributed by atoms with Crippen LogP contribution in [0.1, 0.15) is 26.7 Å². The first-order valence-electron chi connectivity index (χ1n) is 4.61. The molecule has 2 heteroatoms. The fourth-order valence-corrected chi connectivity index (χ4v) is 1.60. The van der Waals surface area contributed by atoms with Gasteiger partial charge in [0.2, 0.25) is 0 Å². The molecule has 0 amide bonds. The fourth-order valence-electron chi connectivity index (χ4n) is 1.60. The number of nitrogens with one attached hydrogen (secondary N) is 1. The predicted octanol–water partition coefficient (Wildman–Crippen LogP) is 1.08. The van der Waals surface area contributed by atoms with Gasteiger partial charge in [-0.3, -0.25) is 4.90 Å². The summed E-state index contributed by atoms with van der Waals surface area (Å²) in [6, 6.07) is 0. The van der Waals surface area contributed by atoms with Gasteiger partial charge in [0.25, 0.3) is 0 Å². The molecule has 1 atom stereocenters. The Kier molecular flexibility index (Phi) is 2.90. The molecule has 1 saturated heterocycles. The minimum Gasteiger partial charge on any atom is -0.315 e. The van der Waals surface area contributed by atoms with Crippen molar-refractivity contribution in [2.45, 2.75) is 32.2 Å². The lowest BCUT2D eigenvalue weighted by Gasteiger charge is -2.36. The molecular formula is C9H20N2. The second kappa shape index (κ2) is 3.55. The number of likely N-dealkylation sites (N-methyl/N-ethyl adjacent to an activating group) is 1. The van der Waals surface area contributed by atoms with Crippen LogP contribution in [-0.2, 0) is 0 Å². The monoisotopic (exact) mass is 156 g/mol. The van der Waals surface area contributed by atoms with Crippen molar-refractivity contribution >= 4 is 0 Å². The van der Waals surface area contributed by atoms with Crippen LogP contribution in [0.15, 0.2) is 0 Å². The molecule has 1 rings (SSSR count). The molecule has 2 nitrogen and oxygen atoms in total. The van der Waals surface area contributed by atoms with Gasteiger partial charge in [-0.15, -0.1) is 0 Å². The Balaban J connectivity index is 2.58. The maximum Gasteiger partial charge on any atom is 0.0300 e. The van der Waals surface area contributed by atoms with Gasteiger partial charge in [-0.1, -0.05) is 6.92 Å². The third-order valence-corrected chi connectivity index (χ3v) is 3.04. The summed E-state index contributed by atoms with van der Waals surface area (Å²) in [4.78, 5) is 2.48. The third kappa shape index (κ3) is 1.94. The predicted molar refractivity (Wildman–Crippen MR) is 48.8 cm³/mol. The van der Waals surface area contributed by atoms with Crippen molar-refractivity contribution in [2.24, 2.45) is 0 Å². The van der Waals surface area contributed by atoms with E-state index in [1.807, 2.05) is 0 Å². The third-order valence-electron chi connectivity index (χ3n) is 3.04. The van der Waals surface area contributed by atoms with Gasteiger partial charge in [0.1, 0.15) is 0 Å². The average Bonchev–Trinajstić information content (AvgIpc) is 2.16.